The Bertz CT molecular complexity index is 857. The number of amides is 1. The number of ether oxygens (including phenoxy) is 1. The summed E-state index contributed by atoms with van der Waals surface area (Å²) < 4.78 is 5.32. The van der Waals surface area contributed by atoms with Crippen molar-refractivity contribution in [1.29, 1.82) is 0 Å². The van der Waals surface area contributed by atoms with Gasteiger partial charge in [0.15, 0.2) is 0 Å². The number of piperidine rings is 2. The molecular weight excluding hydrogens is 380 g/mol. The third-order valence-electron chi connectivity index (χ3n) is 6.35. The lowest BCUT2D eigenvalue weighted by Gasteiger charge is -2.52. The van der Waals surface area contributed by atoms with Gasteiger partial charge in [-0.1, -0.05) is 67.1 Å². The normalized spacial score (nSPS) is 26.0. The molecule has 2 aliphatic rings. The minimum absolute atomic E-state index is 0.120. The van der Waals surface area contributed by atoms with Crippen LogP contribution in [0.4, 0.5) is 4.79 Å². The van der Waals surface area contributed by atoms with E-state index in [1.54, 1.807) is 0 Å². The van der Waals surface area contributed by atoms with Gasteiger partial charge in [-0.05, 0) is 36.8 Å². The summed E-state index contributed by atoms with van der Waals surface area (Å²) >= 11 is 0. The second kappa shape index (κ2) is 8.88. The van der Waals surface area contributed by atoms with Crippen molar-refractivity contribution in [3.8, 4) is 0 Å². The van der Waals surface area contributed by atoms with Gasteiger partial charge in [0.1, 0.15) is 12.1 Å². The Balaban J connectivity index is 1.44. The van der Waals surface area contributed by atoms with Crippen LogP contribution in [0.25, 0.3) is 0 Å². The van der Waals surface area contributed by atoms with E-state index in [9.17, 15) is 14.7 Å². The molecule has 0 aromatic heterocycles. The number of benzene rings is 2. The molecule has 2 atom stereocenters. The third-order valence-corrected chi connectivity index (χ3v) is 6.35. The van der Waals surface area contributed by atoms with Gasteiger partial charge in [0.05, 0.1) is 0 Å². The summed E-state index contributed by atoms with van der Waals surface area (Å²) in [6.45, 7) is 0.930. The number of nitrogens with one attached hydrogen (secondary N) is 1. The highest BCUT2D eigenvalue weighted by Gasteiger charge is 2.51. The van der Waals surface area contributed by atoms with E-state index in [2.05, 4.69) is 22.3 Å². The summed E-state index contributed by atoms with van der Waals surface area (Å²) in [5, 5.41) is 12.8. The summed E-state index contributed by atoms with van der Waals surface area (Å²) in [7, 11) is 0. The summed E-state index contributed by atoms with van der Waals surface area (Å²) in [4.78, 5) is 27.2. The summed E-state index contributed by atoms with van der Waals surface area (Å²) in [6, 6.07) is 19.9. The molecule has 0 aliphatic carbocycles. The Hall–Kier alpha value is -2.86. The number of carboxylic acids is 1. The van der Waals surface area contributed by atoms with Gasteiger partial charge in [0, 0.05) is 18.6 Å². The van der Waals surface area contributed by atoms with Crippen molar-refractivity contribution in [2.24, 2.45) is 0 Å². The molecule has 2 bridgehead atoms. The fraction of sp³-hybridized carbons (Fsp3) is 0.417. The van der Waals surface area contributed by atoms with Crippen molar-refractivity contribution < 1.29 is 19.4 Å². The number of alkyl carbamates (subject to hydrolysis) is 1. The fourth-order valence-corrected chi connectivity index (χ4v) is 4.88. The molecule has 2 aromatic rings. The number of nitrogens with zero attached hydrogens (tertiary/aromatic N) is 1. The molecule has 4 rings (SSSR count). The predicted octanol–water partition coefficient (Wildman–Crippen LogP) is 3.95. The maximum Gasteiger partial charge on any atom is 0.408 e. The van der Waals surface area contributed by atoms with Crippen LogP contribution in [0, 0.1) is 0 Å². The van der Waals surface area contributed by atoms with Crippen molar-refractivity contribution in [3.05, 3.63) is 71.8 Å². The standard InChI is InChI=1S/C24H28N2O4/c27-22(28)24(25-23(29)30-17-19-10-5-2-6-11-19)14-20-12-7-13-21(15-24)26(20)16-18-8-3-1-4-9-18/h1-6,8-11,20-21H,7,12-17H2,(H,25,29)(H,27,28). The summed E-state index contributed by atoms with van der Waals surface area (Å²) in [5.41, 5.74) is 0.815. The van der Waals surface area contributed by atoms with Crippen molar-refractivity contribution >= 4 is 12.1 Å². The zero-order chi connectivity index (χ0) is 21.0. The molecule has 0 radical (unpaired) electrons. The number of carboxylic acid groups (broad SMARTS) is 1. The minimum atomic E-state index is -1.28. The second-order valence-electron chi connectivity index (χ2n) is 8.38. The van der Waals surface area contributed by atoms with Crippen LogP contribution in [-0.4, -0.2) is 39.7 Å². The number of hydrogen-bond acceptors (Lipinski definition) is 4. The maximum atomic E-state index is 12.5. The number of carbonyl (C=O) groups is 2. The molecule has 2 N–H and O–H groups in total. The molecule has 2 fully saturated rings. The van der Waals surface area contributed by atoms with Gasteiger partial charge in [0.25, 0.3) is 0 Å². The molecule has 30 heavy (non-hydrogen) atoms. The number of fused-ring (bicyclic) bond motifs is 2. The first kappa shape index (κ1) is 20.4. The quantitative estimate of drug-likeness (QED) is 0.757. The predicted molar refractivity (Wildman–Crippen MR) is 113 cm³/mol. The van der Waals surface area contributed by atoms with Crippen molar-refractivity contribution in [2.45, 2.75) is 62.9 Å². The Kier molecular flexibility index (Phi) is 6.04. The molecule has 2 saturated heterocycles. The Labute approximate surface area is 176 Å². The van der Waals surface area contributed by atoms with Crippen LogP contribution in [0.15, 0.2) is 60.7 Å². The maximum absolute atomic E-state index is 12.5. The zero-order valence-corrected chi connectivity index (χ0v) is 17.0. The lowest BCUT2D eigenvalue weighted by Crippen LogP contribution is -2.66. The minimum Gasteiger partial charge on any atom is -0.480 e. The average Bonchev–Trinajstić information content (AvgIpc) is 2.74. The first-order chi connectivity index (χ1) is 14.6. The van der Waals surface area contributed by atoms with E-state index >= 15 is 0 Å². The molecule has 1 amide bonds. The first-order valence-corrected chi connectivity index (χ1v) is 10.6. The van der Waals surface area contributed by atoms with Crippen LogP contribution >= 0.6 is 0 Å². The van der Waals surface area contributed by atoms with Crippen LogP contribution in [0.3, 0.4) is 0 Å². The van der Waals surface area contributed by atoms with Crippen molar-refractivity contribution in [2.75, 3.05) is 0 Å². The van der Waals surface area contributed by atoms with Crippen LogP contribution in [-0.2, 0) is 22.7 Å². The second-order valence-corrected chi connectivity index (χ2v) is 8.38. The van der Waals surface area contributed by atoms with Gasteiger partial charge in [-0.25, -0.2) is 9.59 Å². The smallest absolute Gasteiger partial charge is 0.408 e. The van der Waals surface area contributed by atoms with E-state index in [-0.39, 0.29) is 18.7 Å². The van der Waals surface area contributed by atoms with Crippen molar-refractivity contribution in [3.63, 3.8) is 0 Å². The molecule has 0 saturated carbocycles. The fourth-order valence-electron chi connectivity index (χ4n) is 4.88. The van der Waals surface area contributed by atoms with E-state index in [1.807, 2.05) is 48.5 Å². The topological polar surface area (TPSA) is 78.9 Å². The van der Waals surface area contributed by atoms with Gasteiger partial charge in [-0.3, -0.25) is 4.90 Å². The van der Waals surface area contributed by atoms with E-state index in [4.69, 9.17) is 4.74 Å². The SMILES string of the molecule is O=C(NC1(C(=O)O)CC2CCCC(C1)N2Cc1ccccc1)OCc1ccccc1. The number of aliphatic carboxylic acids is 1. The molecule has 2 heterocycles. The molecule has 0 spiro atoms. The Morgan fingerprint density at radius 1 is 0.967 bits per heavy atom. The molecule has 6 nitrogen and oxygen atoms in total. The largest absolute Gasteiger partial charge is 0.480 e. The first-order valence-electron chi connectivity index (χ1n) is 10.6. The lowest BCUT2D eigenvalue weighted by atomic mass is 9.73. The molecule has 2 unspecified atom stereocenters. The Morgan fingerprint density at radius 3 is 2.10 bits per heavy atom. The van der Waals surface area contributed by atoms with E-state index in [0.29, 0.717) is 12.8 Å². The van der Waals surface area contributed by atoms with Crippen LogP contribution in [0.1, 0.15) is 43.2 Å². The van der Waals surface area contributed by atoms with E-state index < -0.39 is 17.6 Å². The summed E-state index contributed by atoms with van der Waals surface area (Å²) in [6.07, 6.45) is 3.10. The monoisotopic (exact) mass is 408 g/mol. The summed E-state index contributed by atoms with van der Waals surface area (Å²) in [5.74, 6) is -0.976. The third kappa shape index (κ3) is 4.49. The van der Waals surface area contributed by atoms with E-state index in [1.165, 1.54) is 5.56 Å². The van der Waals surface area contributed by atoms with Gasteiger partial charge < -0.3 is 15.2 Å². The highest BCUT2D eigenvalue weighted by molar-refractivity contribution is 5.84. The highest BCUT2D eigenvalue weighted by Crippen LogP contribution is 2.40. The van der Waals surface area contributed by atoms with Crippen LogP contribution in [0.5, 0.6) is 0 Å². The Morgan fingerprint density at radius 2 is 1.53 bits per heavy atom. The number of carbonyl (C=O) groups excluding carboxylic acids is 1. The van der Waals surface area contributed by atoms with Crippen LogP contribution < -0.4 is 5.32 Å². The lowest BCUT2D eigenvalue weighted by molar-refractivity contribution is -0.151. The van der Waals surface area contributed by atoms with Gasteiger partial charge in [-0.2, -0.15) is 0 Å². The average molecular weight is 408 g/mol. The van der Waals surface area contributed by atoms with E-state index in [0.717, 1.165) is 31.4 Å². The van der Waals surface area contributed by atoms with Gasteiger partial charge in [-0.15, -0.1) is 0 Å². The molecule has 6 heteroatoms. The van der Waals surface area contributed by atoms with Crippen LogP contribution in [0.2, 0.25) is 0 Å². The molecule has 2 aromatic carbocycles. The van der Waals surface area contributed by atoms with Crippen molar-refractivity contribution in [1.82, 2.24) is 10.2 Å². The molecular formula is C24H28N2O4. The zero-order valence-electron chi connectivity index (χ0n) is 17.0. The molecule has 2 aliphatic heterocycles. The highest BCUT2D eigenvalue weighted by atomic mass is 16.5. The molecule has 158 valence electrons. The van der Waals surface area contributed by atoms with Gasteiger partial charge in [0.2, 0.25) is 0 Å². The number of rotatable bonds is 6. The van der Waals surface area contributed by atoms with Gasteiger partial charge >= 0.3 is 12.1 Å². The number of hydrogen-bond donors (Lipinski definition) is 2.